The summed E-state index contributed by atoms with van der Waals surface area (Å²) >= 11 is 14.4. The van der Waals surface area contributed by atoms with Crippen LogP contribution in [0.4, 0.5) is 5.69 Å². The van der Waals surface area contributed by atoms with Crippen molar-refractivity contribution in [2.75, 3.05) is 31.1 Å². The molecule has 2 N–H and O–H groups in total. The van der Waals surface area contributed by atoms with Crippen LogP contribution in [0.1, 0.15) is 19.4 Å². The Hall–Kier alpha value is -0.730. The van der Waals surface area contributed by atoms with Gasteiger partial charge >= 0.3 is 0 Å². The van der Waals surface area contributed by atoms with Gasteiger partial charge < -0.3 is 15.4 Å². The van der Waals surface area contributed by atoms with Crippen LogP contribution in [0.5, 0.6) is 11.5 Å². The van der Waals surface area contributed by atoms with Gasteiger partial charge in [-0.1, -0.05) is 45.8 Å². The number of ether oxygens (including phenoxy) is 1. The maximum absolute atomic E-state index is 6.12. The van der Waals surface area contributed by atoms with E-state index >= 15 is 0 Å². The summed E-state index contributed by atoms with van der Waals surface area (Å²) in [6.45, 7) is 8.73. The van der Waals surface area contributed by atoms with Gasteiger partial charge in [-0.2, -0.15) is 0 Å². The van der Waals surface area contributed by atoms with Crippen LogP contribution in [0.15, 0.2) is 36.4 Å². The van der Waals surface area contributed by atoms with Crippen LogP contribution in [0, 0.1) is 0 Å². The second-order valence-electron chi connectivity index (χ2n) is 7.31. The van der Waals surface area contributed by atoms with Crippen LogP contribution in [0.25, 0.3) is 0 Å². The van der Waals surface area contributed by atoms with Crippen molar-refractivity contribution in [3.8, 4) is 11.5 Å². The van der Waals surface area contributed by atoms with E-state index < -0.39 is 0 Å². The molecule has 28 heavy (non-hydrogen) atoms. The topological polar surface area (TPSA) is 41.7 Å². The van der Waals surface area contributed by atoms with E-state index in [9.17, 15) is 0 Å². The zero-order valence-corrected chi connectivity index (χ0v) is 19.8. The zero-order valence-electron chi connectivity index (χ0n) is 16.2. The van der Waals surface area contributed by atoms with Crippen molar-refractivity contribution in [3.05, 3.63) is 52.0 Å². The molecule has 1 unspecified atom stereocenters. The monoisotopic (exact) mass is 533 g/mol. The number of nitrogens with two attached hydrogens (primary N) is 1. The first-order valence-corrected chi connectivity index (χ1v) is 11.5. The fraction of sp³-hybridized carbons (Fsp3) is 0.429. The second-order valence-corrected chi connectivity index (χ2v) is 9.72. The predicted octanol–water partition coefficient (Wildman–Crippen LogP) is 5.58. The van der Waals surface area contributed by atoms with E-state index in [0.29, 0.717) is 21.8 Å². The molecule has 0 aliphatic carbocycles. The summed E-state index contributed by atoms with van der Waals surface area (Å²) in [5, 5.41) is 0.991. The summed E-state index contributed by atoms with van der Waals surface area (Å²) in [5.41, 5.74) is 8.40. The van der Waals surface area contributed by atoms with Crippen molar-refractivity contribution in [1.29, 1.82) is 0 Å². The summed E-state index contributed by atoms with van der Waals surface area (Å²) in [4.78, 5) is 4.95. The van der Waals surface area contributed by atoms with Gasteiger partial charge in [0.2, 0.25) is 0 Å². The Balaban J connectivity index is 1.80. The van der Waals surface area contributed by atoms with Gasteiger partial charge in [0.25, 0.3) is 0 Å². The number of nitrogens with zero attached hydrogens (tertiary/aromatic N) is 2. The normalized spacial score (nSPS) is 16.5. The highest BCUT2D eigenvalue weighted by atomic mass is 127. The van der Waals surface area contributed by atoms with E-state index in [0.717, 1.165) is 43.9 Å². The molecule has 0 amide bonds. The Bertz CT molecular complexity index is 808. The first-order chi connectivity index (χ1) is 13.3. The molecule has 0 aromatic heterocycles. The third kappa shape index (κ3) is 5.66. The maximum atomic E-state index is 6.12. The highest BCUT2D eigenvalue weighted by molar-refractivity contribution is 14.1. The maximum Gasteiger partial charge on any atom is 0.130 e. The van der Waals surface area contributed by atoms with E-state index in [-0.39, 0.29) is 4.05 Å². The number of hydrogen-bond donors (Lipinski definition) is 1. The molecule has 152 valence electrons. The molecule has 1 atom stereocenters. The lowest BCUT2D eigenvalue weighted by atomic mass is 10.1. The first-order valence-electron chi connectivity index (χ1n) is 9.48. The number of rotatable bonds is 6. The SMILES string of the molecule is CC(C)N1CCN(c2ccc(Oc3ccc(Cl)c(Cl)c3)c(CC(N)I)c2)CC1. The molecular formula is C21H26Cl2IN3O. The van der Waals surface area contributed by atoms with Crippen molar-refractivity contribution in [3.63, 3.8) is 0 Å². The van der Waals surface area contributed by atoms with E-state index in [1.54, 1.807) is 12.1 Å². The van der Waals surface area contributed by atoms with Gasteiger partial charge in [0.1, 0.15) is 11.5 Å². The highest BCUT2D eigenvalue weighted by Crippen LogP contribution is 2.34. The Kier molecular flexibility index (Phi) is 7.73. The predicted molar refractivity (Wildman–Crippen MR) is 128 cm³/mol. The number of benzene rings is 2. The Labute approximate surface area is 191 Å². The van der Waals surface area contributed by atoms with Gasteiger partial charge in [-0.15, -0.1) is 0 Å². The van der Waals surface area contributed by atoms with Crippen LogP contribution < -0.4 is 15.4 Å². The summed E-state index contributed by atoms with van der Waals surface area (Å²) in [5.74, 6) is 1.46. The molecule has 3 rings (SSSR count). The molecule has 0 radical (unpaired) electrons. The third-order valence-corrected chi connectivity index (χ3v) is 6.17. The minimum absolute atomic E-state index is 0.0156. The fourth-order valence-corrected chi connectivity index (χ4v) is 4.16. The van der Waals surface area contributed by atoms with Crippen LogP contribution in [0.3, 0.4) is 0 Å². The molecule has 0 spiro atoms. The molecule has 0 saturated carbocycles. The lowest BCUT2D eigenvalue weighted by Crippen LogP contribution is -2.48. The van der Waals surface area contributed by atoms with Crippen molar-refractivity contribution < 1.29 is 4.74 Å². The van der Waals surface area contributed by atoms with Crippen LogP contribution in [-0.4, -0.2) is 41.2 Å². The van der Waals surface area contributed by atoms with Crippen molar-refractivity contribution in [1.82, 2.24) is 4.90 Å². The van der Waals surface area contributed by atoms with Crippen molar-refractivity contribution in [2.45, 2.75) is 30.4 Å². The van der Waals surface area contributed by atoms with Crippen molar-refractivity contribution >= 4 is 51.5 Å². The molecule has 1 aliphatic heterocycles. The molecule has 1 heterocycles. The van der Waals surface area contributed by atoms with Gasteiger partial charge in [0.15, 0.2) is 0 Å². The smallest absolute Gasteiger partial charge is 0.130 e. The molecule has 2 aromatic carbocycles. The summed E-state index contributed by atoms with van der Waals surface area (Å²) < 4.78 is 6.12. The second kappa shape index (κ2) is 9.85. The number of hydrogen-bond acceptors (Lipinski definition) is 4. The van der Waals surface area contributed by atoms with Gasteiger partial charge in [-0.3, -0.25) is 4.90 Å². The first kappa shape index (κ1) is 22.0. The molecule has 1 fully saturated rings. The summed E-state index contributed by atoms with van der Waals surface area (Å²) in [7, 11) is 0. The van der Waals surface area contributed by atoms with Gasteiger partial charge in [0, 0.05) is 50.4 Å². The standard InChI is InChI=1S/C21H26Cl2IN3O/c1-14(2)26-7-9-27(10-8-26)16-3-6-20(15(11-16)12-21(24)25)28-17-4-5-18(22)19(23)13-17/h3-6,11,13-14,21H,7-10,12,25H2,1-2H3. The van der Waals surface area contributed by atoms with Gasteiger partial charge in [0.05, 0.1) is 14.1 Å². The summed E-state index contributed by atoms with van der Waals surface area (Å²) in [6, 6.07) is 12.2. The average Bonchev–Trinajstić information content (AvgIpc) is 2.66. The molecule has 1 aliphatic rings. The lowest BCUT2D eigenvalue weighted by Gasteiger charge is -2.38. The zero-order chi connectivity index (χ0) is 20.3. The lowest BCUT2D eigenvalue weighted by molar-refractivity contribution is 0.209. The van der Waals surface area contributed by atoms with Crippen LogP contribution >= 0.6 is 45.8 Å². The molecule has 2 aromatic rings. The number of alkyl halides is 1. The molecule has 7 heteroatoms. The van der Waals surface area contributed by atoms with Crippen LogP contribution in [0.2, 0.25) is 10.0 Å². The van der Waals surface area contributed by atoms with E-state index in [1.165, 1.54) is 5.69 Å². The Morgan fingerprint density at radius 3 is 2.36 bits per heavy atom. The van der Waals surface area contributed by atoms with E-state index in [2.05, 4.69) is 58.4 Å². The van der Waals surface area contributed by atoms with Crippen LogP contribution in [-0.2, 0) is 6.42 Å². The van der Waals surface area contributed by atoms with Crippen molar-refractivity contribution in [2.24, 2.45) is 5.73 Å². The van der Waals surface area contributed by atoms with E-state index in [1.807, 2.05) is 12.1 Å². The Morgan fingerprint density at radius 2 is 1.75 bits per heavy atom. The average molecular weight is 534 g/mol. The van der Waals surface area contributed by atoms with E-state index in [4.69, 9.17) is 33.7 Å². The van der Waals surface area contributed by atoms with Gasteiger partial charge in [-0.05, 0) is 49.7 Å². The number of piperazine rings is 1. The van der Waals surface area contributed by atoms with Gasteiger partial charge in [-0.25, -0.2) is 0 Å². The minimum atomic E-state index is 0.0156. The molecule has 1 saturated heterocycles. The summed E-state index contributed by atoms with van der Waals surface area (Å²) in [6.07, 6.45) is 0.733. The highest BCUT2D eigenvalue weighted by Gasteiger charge is 2.20. The molecule has 0 bridgehead atoms. The number of anilines is 1. The molecule has 4 nitrogen and oxygen atoms in total. The third-order valence-electron chi connectivity index (χ3n) is 4.99. The molecular weight excluding hydrogens is 508 g/mol. The minimum Gasteiger partial charge on any atom is -0.457 e. The quantitative estimate of drug-likeness (QED) is 0.299. The fourth-order valence-electron chi connectivity index (χ4n) is 3.40. The largest absolute Gasteiger partial charge is 0.457 e. The number of halogens is 3. The Morgan fingerprint density at radius 1 is 1.04 bits per heavy atom.